The van der Waals surface area contributed by atoms with Gasteiger partial charge < -0.3 is 10.2 Å². The SMILES string of the molecule is CC(C(=O)NC1CCCCC1)N(Cc1ccccc1Cl)C(=O)CN(c1cc(Cl)ccc1Cl)S(C)(=O)=O. The summed E-state index contributed by atoms with van der Waals surface area (Å²) >= 11 is 18.7. The van der Waals surface area contributed by atoms with Gasteiger partial charge in [-0.3, -0.25) is 13.9 Å². The predicted octanol–water partition coefficient (Wildman–Crippen LogP) is 5.28. The van der Waals surface area contributed by atoms with E-state index in [9.17, 15) is 18.0 Å². The summed E-state index contributed by atoms with van der Waals surface area (Å²) in [5.74, 6) is -0.878. The van der Waals surface area contributed by atoms with Gasteiger partial charge in [0.05, 0.1) is 17.0 Å². The highest BCUT2D eigenvalue weighted by atomic mass is 35.5. The van der Waals surface area contributed by atoms with Crippen molar-refractivity contribution in [1.82, 2.24) is 10.2 Å². The van der Waals surface area contributed by atoms with Crippen molar-refractivity contribution in [2.45, 2.75) is 57.7 Å². The molecule has 2 aromatic rings. The molecule has 0 aliphatic heterocycles. The summed E-state index contributed by atoms with van der Waals surface area (Å²) < 4.78 is 26.3. The average Bonchev–Trinajstić information content (AvgIpc) is 2.83. The Labute approximate surface area is 227 Å². The summed E-state index contributed by atoms with van der Waals surface area (Å²) in [5.41, 5.74) is 0.716. The number of halogens is 3. The predicted molar refractivity (Wildman–Crippen MR) is 145 cm³/mol. The van der Waals surface area contributed by atoms with Crippen LogP contribution in [0.3, 0.4) is 0 Å². The first kappa shape index (κ1) is 28.6. The molecule has 1 N–H and O–H groups in total. The third-order valence-corrected chi connectivity index (χ3v) is 8.32. The van der Waals surface area contributed by atoms with Crippen LogP contribution in [0, 0.1) is 0 Å². The van der Waals surface area contributed by atoms with Gasteiger partial charge in [0.25, 0.3) is 0 Å². The average molecular weight is 575 g/mol. The molecule has 1 aliphatic carbocycles. The number of carbonyl (C=O) groups is 2. The summed E-state index contributed by atoms with van der Waals surface area (Å²) in [5, 5.41) is 3.88. The Morgan fingerprint density at radius 1 is 1.03 bits per heavy atom. The molecule has 2 amide bonds. The van der Waals surface area contributed by atoms with Crippen LogP contribution in [0.1, 0.15) is 44.6 Å². The van der Waals surface area contributed by atoms with E-state index in [4.69, 9.17) is 34.8 Å². The second kappa shape index (κ2) is 12.5. The van der Waals surface area contributed by atoms with Crippen molar-refractivity contribution in [3.8, 4) is 0 Å². The Morgan fingerprint density at radius 2 is 1.69 bits per heavy atom. The van der Waals surface area contributed by atoms with E-state index >= 15 is 0 Å². The van der Waals surface area contributed by atoms with E-state index < -0.39 is 28.5 Å². The molecule has 2 aromatic carbocycles. The van der Waals surface area contributed by atoms with E-state index in [2.05, 4.69) is 5.32 Å². The van der Waals surface area contributed by atoms with Gasteiger partial charge in [-0.25, -0.2) is 8.42 Å². The monoisotopic (exact) mass is 573 g/mol. The van der Waals surface area contributed by atoms with Gasteiger partial charge in [-0.15, -0.1) is 0 Å². The Bertz CT molecular complexity index is 1200. The molecular weight excluding hydrogens is 545 g/mol. The number of amides is 2. The molecule has 0 saturated heterocycles. The number of benzene rings is 2. The zero-order valence-corrected chi connectivity index (χ0v) is 23.3. The number of hydrogen-bond acceptors (Lipinski definition) is 4. The fraction of sp³-hybridized carbons (Fsp3) is 0.440. The van der Waals surface area contributed by atoms with Crippen LogP contribution in [-0.2, 0) is 26.2 Å². The highest BCUT2D eigenvalue weighted by molar-refractivity contribution is 7.92. The standard InChI is InChI=1S/C25H30Cl3N3O4S/c1-17(25(33)29-20-9-4-3-5-10-20)30(15-18-8-6-7-11-21(18)27)24(32)16-31(36(2,34)35)23-14-19(26)12-13-22(23)28/h6-8,11-14,17,20H,3-5,9-10,15-16H2,1-2H3,(H,29,33). The number of carbonyl (C=O) groups excluding carboxylic acids is 2. The van der Waals surface area contributed by atoms with E-state index in [1.54, 1.807) is 31.2 Å². The van der Waals surface area contributed by atoms with Gasteiger partial charge in [0.1, 0.15) is 12.6 Å². The molecule has 3 rings (SSSR count). The number of sulfonamides is 1. The van der Waals surface area contributed by atoms with Crippen LogP contribution >= 0.6 is 34.8 Å². The van der Waals surface area contributed by atoms with Crippen LogP contribution in [0.15, 0.2) is 42.5 Å². The van der Waals surface area contributed by atoms with Gasteiger partial charge in [-0.2, -0.15) is 0 Å². The highest BCUT2D eigenvalue weighted by Gasteiger charge is 2.32. The molecule has 11 heteroatoms. The van der Waals surface area contributed by atoms with Crippen LogP contribution in [0.4, 0.5) is 5.69 Å². The second-order valence-electron chi connectivity index (χ2n) is 9.00. The van der Waals surface area contributed by atoms with Crippen LogP contribution in [0.2, 0.25) is 15.1 Å². The molecule has 1 aliphatic rings. The molecule has 0 radical (unpaired) electrons. The molecule has 0 aromatic heterocycles. The number of anilines is 1. The molecular formula is C25H30Cl3N3O4S. The molecule has 196 valence electrons. The molecule has 0 heterocycles. The maximum absolute atomic E-state index is 13.6. The molecule has 0 spiro atoms. The van der Waals surface area contributed by atoms with Gasteiger partial charge in [-0.05, 0) is 49.6 Å². The molecule has 0 bridgehead atoms. The van der Waals surface area contributed by atoms with Gasteiger partial charge >= 0.3 is 0 Å². The first-order valence-corrected chi connectivity index (χ1v) is 14.7. The lowest BCUT2D eigenvalue weighted by molar-refractivity contribution is -0.139. The van der Waals surface area contributed by atoms with E-state index in [1.165, 1.54) is 23.1 Å². The third-order valence-electron chi connectivity index (χ3n) is 6.27. The van der Waals surface area contributed by atoms with Gasteiger partial charge in [0.2, 0.25) is 21.8 Å². The minimum atomic E-state index is -3.92. The minimum absolute atomic E-state index is 0.0264. The zero-order chi connectivity index (χ0) is 26.5. The first-order valence-electron chi connectivity index (χ1n) is 11.7. The van der Waals surface area contributed by atoms with Crippen molar-refractivity contribution < 1.29 is 18.0 Å². The molecule has 36 heavy (non-hydrogen) atoms. The lowest BCUT2D eigenvalue weighted by Gasteiger charge is -2.33. The summed E-state index contributed by atoms with van der Waals surface area (Å²) in [6, 6.07) is 10.6. The van der Waals surface area contributed by atoms with E-state index in [0.717, 1.165) is 42.7 Å². The van der Waals surface area contributed by atoms with Crippen molar-refractivity contribution in [1.29, 1.82) is 0 Å². The van der Waals surface area contributed by atoms with Crippen LogP contribution < -0.4 is 9.62 Å². The summed E-state index contributed by atoms with van der Waals surface area (Å²) in [4.78, 5) is 28.2. The molecule has 1 saturated carbocycles. The van der Waals surface area contributed by atoms with Crippen molar-refractivity contribution in [3.05, 3.63) is 63.1 Å². The van der Waals surface area contributed by atoms with Crippen LogP contribution in [0.25, 0.3) is 0 Å². The Balaban J connectivity index is 1.91. The molecule has 1 fully saturated rings. The van der Waals surface area contributed by atoms with Crippen LogP contribution in [-0.4, -0.2) is 50.0 Å². The van der Waals surface area contributed by atoms with Crippen LogP contribution in [0.5, 0.6) is 0 Å². The maximum atomic E-state index is 13.6. The molecule has 1 atom stereocenters. The van der Waals surface area contributed by atoms with Crippen molar-refractivity contribution >= 4 is 62.3 Å². The Morgan fingerprint density at radius 3 is 2.33 bits per heavy atom. The first-order chi connectivity index (χ1) is 17.0. The van der Waals surface area contributed by atoms with Gasteiger partial charge in [-0.1, -0.05) is 72.3 Å². The quantitative estimate of drug-likeness (QED) is 0.442. The number of nitrogens with zero attached hydrogens (tertiary/aromatic N) is 2. The van der Waals surface area contributed by atoms with Crippen molar-refractivity contribution in [2.24, 2.45) is 0 Å². The lowest BCUT2D eigenvalue weighted by Crippen LogP contribution is -2.53. The topological polar surface area (TPSA) is 86.8 Å². The highest BCUT2D eigenvalue weighted by Crippen LogP contribution is 2.31. The Kier molecular flexibility index (Phi) is 9.92. The maximum Gasteiger partial charge on any atom is 0.244 e. The largest absolute Gasteiger partial charge is 0.352 e. The second-order valence-corrected chi connectivity index (χ2v) is 12.2. The normalized spacial score (nSPS) is 15.2. The van der Waals surface area contributed by atoms with Crippen molar-refractivity contribution in [2.75, 3.05) is 17.1 Å². The summed E-state index contributed by atoms with van der Waals surface area (Å²) in [7, 11) is -3.92. The molecule has 7 nitrogen and oxygen atoms in total. The summed E-state index contributed by atoms with van der Waals surface area (Å²) in [6.45, 7) is 1.09. The summed E-state index contributed by atoms with van der Waals surface area (Å²) in [6.07, 6.45) is 6.01. The van der Waals surface area contributed by atoms with Gasteiger partial charge in [0, 0.05) is 22.6 Å². The number of nitrogens with one attached hydrogen (secondary N) is 1. The number of hydrogen-bond donors (Lipinski definition) is 1. The smallest absolute Gasteiger partial charge is 0.244 e. The lowest BCUT2D eigenvalue weighted by atomic mass is 9.95. The molecule has 1 unspecified atom stereocenters. The van der Waals surface area contributed by atoms with Gasteiger partial charge in [0.15, 0.2) is 0 Å². The van der Waals surface area contributed by atoms with E-state index in [1.807, 2.05) is 0 Å². The van der Waals surface area contributed by atoms with Crippen molar-refractivity contribution in [3.63, 3.8) is 0 Å². The fourth-order valence-electron chi connectivity index (χ4n) is 4.23. The number of rotatable bonds is 9. The minimum Gasteiger partial charge on any atom is -0.352 e. The fourth-order valence-corrected chi connectivity index (χ4v) is 5.72. The van der Waals surface area contributed by atoms with E-state index in [-0.39, 0.29) is 34.2 Å². The third kappa shape index (κ3) is 7.51. The zero-order valence-electron chi connectivity index (χ0n) is 20.2. The Hall–Kier alpha value is -2.00. The van der Waals surface area contributed by atoms with E-state index in [0.29, 0.717) is 10.6 Å².